The summed E-state index contributed by atoms with van der Waals surface area (Å²) in [6.45, 7) is 3.19. The fourth-order valence-corrected chi connectivity index (χ4v) is 3.38. The van der Waals surface area contributed by atoms with Crippen molar-refractivity contribution in [1.29, 1.82) is 0 Å². The maximum Gasteiger partial charge on any atom is 0.318 e. The molecule has 0 heterocycles. The van der Waals surface area contributed by atoms with Gasteiger partial charge in [0.25, 0.3) is 0 Å². The summed E-state index contributed by atoms with van der Waals surface area (Å²) in [5.41, 5.74) is 0.615. The maximum absolute atomic E-state index is 12.3. The number of aliphatic carboxylic acids is 1. The number of carboxylic acids is 1. The van der Waals surface area contributed by atoms with E-state index in [1.54, 1.807) is 25.1 Å². The Morgan fingerprint density at radius 1 is 1.33 bits per heavy atom. The van der Waals surface area contributed by atoms with E-state index in [0.29, 0.717) is 12.0 Å². The molecule has 0 aromatic heterocycles. The van der Waals surface area contributed by atoms with Crippen LogP contribution in [0.5, 0.6) is 0 Å². The van der Waals surface area contributed by atoms with Gasteiger partial charge in [-0.2, -0.15) is 4.31 Å². The smallest absolute Gasteiger partial charge is 0.318 e. The van der Waals surface area contributed by atoms with Gasteiger partial charge in [0.1, 0.15) is 6.54 Å². The third-order valence-electron chi connectivity index (χ3n) is 2.50. The van der Waals surface area contributed by atoms with E-state index in [2.05, 4.69) is 0 Å². The van der Waals surface area contributed by atoms with E-state index in [-0.39, 0.29) is 11.4 Å². The van der Waals surface area contributed by atoms with Crippen LogP contribution in [-0.4, -0.2) is 36.9 Å². The lowest BCUT2D eigenvalue weighted by Crippen LogP contribution is -2.36. The summed E-state index contributed by atoms with van der Waals surface area (Å²) in [6.07, 6.45) is 0.568. The van der Waals surface area contributed by atoms with Crippen molar-refractivity contribution >= 4 is 16.0 Å². The first kappa shape index (κ1) is 14.7. The second-order valence-corrected chi connectivity index (χ2v) is 5.90. The molecule has 0 fully saturated rings. The summed E-state index contributed by atoms with van der Waals surface area (Å²) >= 11 is 0. The van der Waals surface area contributed by atoms with E-state index in [9.17, 15) is 13.2 Å². The molecule has 0 bridgehead atoms. The quantitative estimate of drug-likeness (QED) is 0.850. The molecule has 0 aliphatic heterocycles. The van der Waals surface area contributed by atoms with E-state index in [1.165, 1.54) is 6.07 Å². The Bertz CT molecular complexity index is 525. The van der Waals surface area contributed by atoms with Crippen LogP contribution in [0.3, 0.4) is 0 Å². The first-order valence-corrected chi connectivity index (χ1v) is 7.11. The third-order valence-corrected chi connectivity index (χ3v) is 4.50. The summed E-state index contributed by atoms with van der Waals surface area (Å²) in [7, 11) is -3.74. The number of carbonyl (C=O) groups is 1. The number of sulfonamides is 1. The molecule has 6 heteroatoms. The van der Waals surface area contributed by atoms with Crippen molar-refractivity contribution < 1.29 is 18.3 Å². The molecular formula is C12H17NO4S. The number of nitrogens with zero attached hydrogens (tertiary/aromatic N) is 1. The Labute approximate surface area is 107 Å². The zero-order valence-corrected chi connectivity index (χ0v) is 11.3. The molecule has 0 amide bonds. The highest BCUT2D eigenvalue weighted by molar-refractivity contribution is 7.89. The summed E-state index contributed by atoms with van der Waals surface area (Å²) in [6, 6.07) is 6.56. The molecule has 0 spiro atoms. The van der Waals surface area contributed by atoms with Gasteiger partial charge in [-0.25, -0.2) is 8.42 Å². The predicted octanol–water partition coefficient (Wildman–Crippen LogP) is 1.48. The third kappa shape index (κ3) is 3.30. The lowest BCUT2D eigenvalue weighted by Gasteiger charge is -2.20. The normalized spacial score (nSPS) is 11.7. The van der Waals surface area contributed by atoms with Gasteiger partial charge in [-0.1, -0.05) is 25.1 Å². The van der Waals surface area contributed by atoms with E-state index >= 15 is 0 Å². The van der Waals surface area contributed by atoms with Gasteiger partial charge in [-0.15, -0.1) is 0 Å². The van der Waals surface area contributed by atoms with Crippen LogP contribution in [0.25, 0.3) is 0 Å². The highest BCUT2D eigenvalue weighted by atomic mass is 32.2. The van der Waals surface area contributed by atoms with Gasteiger partial charge in [0.15, 0.2) is 0 Å². The molecule has 1 aromatic carbocycles. The van der Waals surface area contributed by atoms with Crippen molar-refractivity contribution in [2.45, 2.75) is 25.2 Å². The van der Waals surface area contributed by atoms with Crippen molar-refractivity contribution in [3.05, 3.63) is 29.8 Å². The van der Waals surface area contributed by atoms with Crippen LogP contribution in [-0.2, 0) is 14.8 Å². The Morgan fingerprint density at radius 2 is 1.94 bits per heavy atom. The van der Waals surface area contributed by atoms with Crippen LogP contribution in [0.1, 0.15) is 18.9 Å². The Kier molecular flexibility index (Phi) is 4.86. The van der Waals surface area contributed by atoms with Crippen molar-refractivity contribution in [2.24, 2.45) is 0 Å². The van der Waals surface area contributed by atoms with Gasteiger partial charge in [0.05, 0.1) is 4.90 Å². The summed E-state index contributed by atoms with van der Waals surface area (Å²) in [5.74, 6) is -1.15. The van der Waals surface area contributed by atoms with Gasteiger partial charge in [0, 0.05) is 6.54 Å². The molecular weight excluding hydrogens is 254 g/mol. The van der Waals surface area contributed by atoms with E-state index in [1.807, 2.05) is 6.92 Å². The fraction of sp³-hybridized carbons (Fsp3) is 0.417. The van der Waals surface area contributed by atoms with Crippen LogP contribution in [0, 0.1) is 6.92 Å². The molecule has 1 N–H and O–H groups in total. The lowest BCUT2D eigenvalue weighted by molar-refractivity contribution is -0.137. The molecule has 1 aromatic rings. The Hall–Kier alpha value is -1.40. The van der Waals surface area contributed by atoms with Crippen LogP contribution < -0.4 is 0 Å². The highest BCUT2D eigenvalue weighted by Crippen LogP contribution is 2.19. The van der Waals surface area contributed by atoms with Crippen LogP contribution in [0.4, 0.5) is 0 Å². The second kappa shape index (κ2) is 5.97. The summed E-state index contributed by atoms with van der Waals surface area (Å²) in [4.78, 5) is 10.9. The molecule has 5 nitrogen and oxygen atoms in total. The van der Waals surface area contributed by atoms with E-state index < -0.39 is 22.5 Å². The molecule has 0 unspecified atom stereocenters. The SMILES string of the molecule is CCCN(CC(=O)O)S(=O)(=O)c1ccccc1C. The number of carboxylic acid groups (broad SMARTS) is 1. The van der Waals surface area contributed by atoms with Crippen LogP contribution >= 0.6 is 0 Å². The van der Waals surface area contributed by atoms with Crippen molar-refractivity contribution in [1.82, 2.24) is 4.31 Å². The lowest BCUT2D eigenvalue weighted by atomic mass is 10.2. The minimum absolute atomic E-state index is 0.166. The standard InChI is InChI=1S/C12H17NO4S/c1-3-8-13(9-12(14)15)18(16,17)11-7-5-4-6-10(11)2/h4-7H,3,8-9H2,1-2H3,(H,14,15). The molecule has 18 heavy (non-hydrogen) atoms. The number of hydrogen-bond acceptors (Lipinski definition) is 3. The Balaban J connectivity index is 3.17. The molecule has 0 aliphatic rings. The largest absolute Gasteiger partial charge is 0.480 e. The first-order valence-electron chi connectivity index (χ1n) is 5.67. The molecule has 0 saturated carbocycles. The van der Waals surface area contributed by atoms with E-state index in [0.717, 1.165) is 4.31 Å². The maximum atomic E-state index is 12.3. The van der Waals surface area contributed by atoms with Gasteiger partial charge in [-0.05, 0) is 25.0 Å². The Morgan fingerprint density at radius 3 is 2.44 bits per heavy atom. The summed E-state index contributed by atoms with van der Waals surface area (Å²) in [5, 5.41) is 8.78. The first-order chi connectivity index (χ1) is 8.39. The van der Waals surface area contributed by atoms with Crippen molar-refractivity contribution in [3.8, 4) is 0 Å². The van der Waals surface area contributed by atoms with Gasteiger partial charge in [-0.3, -0.25) is 4.79 Å². The number of aryl methyl sites for hydroxylation is 1. The topological polar surface area (TPSA) is 74.7 Å². The number of rotatable bonds is 6. The second-order valence-electron chi connectivity index (χ2n) is 4.00. The van der Waals surface area contributed by atoms with Crippen molar-refractivity contribution in [3.63, 3.8) is 0 Å². The number of benzene rings is 1. The molecule has 0 aliphatic carbocycles. The highest BCUT2D eigenvalue weighted by Gasteiger charge is 2.26. The zero-order valence-electron chi connectivity index (χ0n) is 10.5. The zero-order chi connectivity index (χ0) is 13.8. The van der Waals surface area contributed by atoms with E-state index in [4.69, 9.17) is 5.11 Å². The average molecular weight is 271 g/mol. The van der Waals surface area contributed by atoms with Gasteiger partial charge >= 0.3 is 5.97 Å². The predicted molar refractivity (Wildman–Crippen MR) is 67.9 cm³/mol. The number of hydrogen-bond donors (Lipinski definition) is 1. The molecule has 100 valence electrons. The fourth-order valence-electron chi connectivity index (χ4n) is 1.67. The monoisotopic (exact) mass is 271 g/mol. The van der Waals surface area contributed by atoms with Crippen molar-refractivity contribution in [2.75, 3.05) is 13.1 Å². The van der Waals surface area contributed by atoms with Gasteiger partial charge in [0.2, 0.25) is 10.0 Å². The molecule has 0 saturated heterocycles. The summed E-state index contributed by atoms with van der Waals surface area (Å²) < 4.78 is 25.7. The van der Waals surface area contributed by atoms with Crippen LogP contribution in [0.15, 0.2) is 29.2 Å². The molecule has 0 atom stereocenters. The van der Waals surface area contributed by atoms with Crippen LogP contribution in [0.2, 0.25) is 0 Å². The molecule has 0 radical (unpaired) electrons. The average Bonchev–Trinajstić information content (AvgIpc) is 2.28. The van der Waals surface area contributed by atoms with Gasteiger partial charge < -0.3 is 5.11 Å². The minimum Gasteiger partial charge on any atom is -0.480 e. The molecule has 1 rings (SSSR count). The minimum atomic E-state index is -3.74.